The van der Waals surface area contributed by atoms with E-state index in [9.17, 15) is 13.2 Å². The Bertz CT molecular complexity index is 1510. The monoisotopic (exact) mass is 586 g/mol. The highest BCUT2D eigenvalue weighted by molar-refractivity contribution is 7.92. The second-order valence-corrected chi connectivity index (χ2v) is 12.0. The van der Waals surface area contributed by atoms with Crippen LogP contribution in [0, 0.1) is 0 Å². The van der Waals surface area contributed by atoms with Crippen LogP contribution in [0.25, 0.3) is 0 Å². The number of hydrogen-bond donors (Lipinski definition) is 3. The molecule has 3 N–H and O–H groups in total. The van der Waals surface area contributed by atoms with Gasteiger partial charge in [-0.05, 0) is 38.1 Å². The standard InChI is InChI=1S/C27H31ClN6O5S/c1-5-25(35)30-20-14-21(23(38-4)15-22(20)34-10-12-39-13-11-34)32-27-29-16-18(28)26(33-27)31-19-8-6-7-9-24(19)40(36,37)17(2)3/h5-9,14-17H,1,10-13H2,2-4H3,(H,30,35)(H2,29,31,32,33). The zero-order chi connectivity index (χ0) is 28.9. The summed E-state index contributed by atoms with van der Waals surface area (Å²) in [4.78, 5) is 23.2. The maximum Gasteiger partial charge on any atom is 0.247 e. The quantitative estimate of drug-likeness (QED) is 0.285. The van der Waals surface area contributed by atoms with Crippen molar-refractivity contribution in [3.05, 3.63) is 60.3 Å². The Hall–Kier alpha value is -3.87. The van der Waals surface area contributed by atoms with Crippen LogP contribution in [0.4, 0.5) is 34.5 Å². The second-order valence-electron chi connectivity index (χ2n) is 9.09. The van der Waals surface area contributed by atoms with Gasteiger partial charge in [0.15, 0.2) is 15.7 Å². The van der Waals surface area contributed by atoms with Gasteiger partial charge < -0.3 is 30.3 Å². The average Bonchev–Trinajstić information content (AvgIpc) is 2.95. The van der Waals surface area contributed by atoms with Crippen molar-refractivity contribution in [2.75, 3.05) is 54.3 Å². The third kappa shape index (κ3) is 6.46. The molecule has 1 aliphatic rings. The van der Waals surface area contributed by atoms with Crippen LogP contribution >= 0.6 is 11.6 Å². The van der Waals surface area contributed by atoms with Crippen molar-refractivity contribution in [3.8, 4) is 5.75 Å². The number of ether oxygens (including phenoxy) is 2. The lowest BCUT2D eigenvalue weighted by Gasteiger charge is -2.31. The summed E-state index contributed by atoms with van der Waals surface area (Å²) in [7, 11) is -2.04. The molecule has 1 aliphatic heterocycles. The summed E-state index contributed by atoms with van der Waals surface area (Å²) in [6, 6.07) is 10.1. The lowest BCUT2D eigenvalue weighted by Crippen LogP contribution is -2.36. The Kier molecular flexibility index (Phi) is 9.13. The summed E-state index contributed by atoms with van der Waals surface area (Å²) in [5.41, 5.74) is 2.12. The van der Waals surface area contributed by atoms with Crippen molar-refractivity contribution in [1.29, 1.82) is 0 Å². The minimum Gasteiger partial charge on any atom is -0.494 e. The summed E-state index contributed by atoms with van der Waals surface area (Å²) in [5, 5.41) is 8.58. The van der Waals surface area contributed by atoms with E-state index in [1.54, 1.807) is 38.1 Å². The lowest BCUT2D eigenvalue weighted by atomic mass is 10.1. The van der Waals surface area contributed by atoms with Gasteiger partial charge in [-0.15, -0.1) is 0 Å². The number of benzene rings is 2. The maximum atomic E-state index is 12.9. The number of halogens is 1. The van der Waals surface area contributed by atoms with Crippen molar-refractivity contribution < 1.29 is 22.7 Å². The van der Waals surface area contributed by atoms with E-state index >= 15 is 0 Å². The van der Waals surface area contributed by atoms with Gasteiger partial charge in [0.2, 0.25) is 11.9 Å². The molecule has 2 aromatic carbocycles. The lowest BCUT2D eigenvalue weighted by molar-refractivity contribution is -0.111. The van der Waals surface area contributed by atoms with Crippen molar-refractivity contribution in [2.45, 2.75) is 24.0 Å². The van der Waals surface area contributed by atoms with Crippen LogP contribution < -0.4 is 25.6 Å². The number of aromatic nitrogens is 2. The van der Waals surface area contributed by atoms with Crippen LogP contribution in [-0.4, -0.2) is 63.0 Å². The Labute approximate surface area is 238 Å². The van der Waals surface area contributed by atoms with Gasteiger partial charge in [-0.3, -0.25) is 4.79 Å². The first-order valence-corrected chi connectivity index (χ1v) is 14.4. The molecule has 1 amide bonds. The summed E-state index contributed by atoms with van der Waals surface area (Å²) in [6.45, 7) is 9.21. The zero-order valence-electron chi connectivity index (χ0n) is 22.4. The van der Waals surface area contributed by atoms with Gasteiger partial charge in [0.05, 0.1) is 59.4 Å². The number of methoxy groups -OCH3 is 1. The van der Waals surface area contributed by atoms with Gasteiger partial charge in [-0.25, -0.2) is 13.4 Å². The highest BCUT2D eigenvalue weighted by Gasteiger charge is 2.24. The highest BCUT2D eigenvalue weighted by atomic mass is 35.5. The number of rotatable bonds is 10. The van der Waals surface area contributed by atoms with E-state index in [1.807, 2.05) is 6.07 Å². The van der Waals surface area contributed by atoms with E-state index < -0.39 is 15.1 Å². The molecule has 1 fully saturated rings. The number of nitrogens with zero attached hydrogens (tertiary/aromatic N) is 3. The topological polar surface area (TPSA) is 135 Å². The van der Waals surface area contributed by atoms with E-state index in [-0.39, 0.29) is 27.6 Å². The van der Waals surface area contributed by atoms with Gasteiger partial charge in [0.1, 0.15) is 10.8 Å². The van der Waals surface area contributed by atoms with Crippen LogP contribution in [-0.2, 0) is 19.4 Å². The molecule has 3 aromatic rings. The largest absolute Gasteiger partial charge is 0.494 e. The van der Waals surface area contributed by atoms with E-state index in [2.05, 4.69) is 37.4 Å². The Morgan fingerprint density at radius 2 is 1.88 bits per heavy atom. The smallest absolute Gasteiger partial charge is 0.247 e. The molecule has 0 atom stereocenters. The van der Waals surface area contributed by atoms with Crippen molar-refractivity contribution >= 4 is 61.9 Å². The molecule has 0 saturated carbocycles. The van der Waals surface area contributed by atoms with Crippen LogP contribution in [0.2, 0.25) is 5.02 Å². The molecule has 11 nitrogen and oxygen atoms in total. The first kappa shape index (κ1) is 29.1. The molecule has 13 heteroatoms. The fourth-order valence-electron chi connectivity index (χ4n) is 4.02. The molecule has 1 aromatic heterocycles. The van der Waals surface area contributed by atoms with Crippen molar-refractivity contribution in [3.63, 3.8) is 0 Å². The summed E-state index contributed by atoms with van der Waals surface area (Å²) in [5.74, 6) is 0.485. The molecular weight excluding hydrogens is 556 g/mol. The number of carbonyl (C=O) groups is 1. The molecular formula is C27H31ClN6O5S. The molecule has 0 aliphatic carbocycles. The fraction of sp³-hybridized carbons (Fsp3) is 0.296. The highest BCUT2D eigenvalue weighted by Crippen LogP contribution is 2.39. The van der Waals surface area contributed by atoms with Gasteiger partial charge in [0, 0.05) is 19.2 Å². The second kappa shape index (κ2) is 12.5. The molecule has 1 saturated heterocycles. The number of sulfone groups is 1. The number of anilines is 6. The Balaban J connectivity index is 1.69. The number of para-hydroxylation sites is 1. The molecule has 0 unspecified atom stereocenters. The van der Waals surface area contributed by atoms with Gasteiger partial charge in [-0.1, -0.05) is 30.3 Å². The predicted molar refractivity (Wildman–Crippen MR) is 157 cm³/mol. The minimum absolute atomic E-state index is 0.136. The van der Waals surface area contributed by atoms with E-state index in [0.29, 0.717) is 49.1 Å². The van der Waals surface area contributed by atoms with Gasteiger partial charge >= 0.3 is 0 Å². The summed E-state index contributed by atoms with van der Waals surface area (Å²) < 4.78 is 36.9. The normalized spacial score (nSPS) is 13.6. The van der Waals surface area contributed by atoms with Crippen LogP contribution in [0.15, 0.2) is 60.1 Å². The SMILES string of the molecule is C=CC(=O)Nc1cc(Nc2ncc(Cl)c(Nc3ccccc3S(=O)(=O)C(C)C)n2)c(OC)cc1N1CCOCC1. The molecule has 0 bridgehead atoms. The molecule has 40 heavy (non-hydrogen) atoms. The van der Waals surface area contributed by atoms with Crippen molar-refractivity contribution in [2.24, 2.45) is 0 Å². The third-order valence-electron chi connectivity index (χ3n) is 6.17. The number of nitrogens with one attached hydrogen (secondary N) is 3. The molecule has 212 valence electrons. The average molecular weight is 587 g/mol. The zero-order valence-corrected chi connectivity index (χ0v) is 24.0. The molecule has 4 rings (SSSR count). The fourth-order valence-corrected chi connectivity index (χ4v) is 5.36. The van der Waals surface area contributed by atoms with Crippen LogP contribution in [0.3, 0.4) is 0 Å². The predicted octanol–water partition coefficient (Wildman–Crippen LogP) is 4.77. The molecule has 2 heterocycles. The van der Waals surface area contributed by atoms with Gasteiger partial charge in [0.25, 0.3) is 0 Å². The van der Waals surface area contributed by atoms with Gasteiger partial charge in [-0.2, -0.15) is 4.98 Å². The maximum absolute atomic E-state index is 12.9. The Morgan fingerprint density at radius 3 is 2.55 bits per heavy atom. The number of hydrogen-bond acceptors (Lipinski definition) is 10. The van der Waals surface area contributed by atoms with Crippen LogP contribution in [0.1, 0.15) is 13.8 Å². The van der Waals surface area contributed by atoms with Crippen LogP contribution in [0.5, 0.6) is 5.75 Å². The third-order valence-corrected chi connectivity index (χ3v) is 8.66. The molecule has 0 radical (unpaired) electrons. The first-order valence-electron chi connectivity index (χ1n) is 12.5. The minimum atomic E-state index is -3.57. The van der Waals surface area contributed by atoms with E-state index in [0.717, 1.165) is 5.69 Å². The number of carbonyl (C=O) groups excluding carboxylic acids is 1. The summed E-state index contributed by atoms with van der Waals surface area (Å²) >= 11 is 6.38. The number of morpholine rings is 1. The van der Waals surface area contributed by atoms with E-state index in [1.165, 1.54) is 25.4 Å². The first-order chi connectivity index (χ1) is 19.1. The molecule has 0 spiro atoms. The van der Waals surface area contributed by atoms with Crippen molar-refractivity contribution in [1.82, 2.24) is 9.97 Å². The Morgan fingerprint density at radius 1 is 1.15 bits per heavy atom. The summed E-state index contributed by atoms with van der Waals surface area (Å²) in [6.07, 6.45) is 2.59. The van der Waals surface area contributed by atoms with E-state index in [4.69, 9.17) is 21.1 Å². The number of amides is 1.